The predicted molar refractivity (Wildman–Crippen MR) is 83.7 cm³/mol. The average molecular weight is 269 g/mol. The number of benzene rings is 2. The lowest BCUT2D eigenvalue weighted by atomic mass is 9.64. The zero-order valence-corrected chi connectivity index (χ0v) is 12.4. The van der Waals surface area contributed by atoms with Crippen molar-refractivity contribution in [3.63, 3.8) is 0 Å². The van der Waals surface area contributed by atoms with Gasteiger partial charge < -0.3 is 10.4 Å². The number of rotatable bonds is 3. The maximum Gasteiger partial charge on any atom is 0.0621 e. The highest BCUT2D eigenvalue weighted by atomic mass is 16.3. The summed E-state index contributed by atoms with van der Waals surface area (Å²) in [6.07, 6.45) is 0.668. The molecule has 2 nitrogen and oxygen atoms in total. The van der Waals surface area contributed by atoms with E-state index in [0.29, 0.717) is 6.04 Å². The van der Waals surface area contributed by atoms with E-state index in [2.05, 4.69) is 68.6 Å². The number of aliphatic hydroxyl groups is 1. The van der Waals surface area contributed by atoms with Crippen LogP contribution in [0, 0.1) is 5.41 Å². The zero-order chi connectivity index (χ0) is 14.3. The van der Waals surface area contributed by atoms with E-state index in [9.17, 15) is 5.11 Å². The molecule has 20 heavy (non-hydrogen) atoms. The van der Waals surface area contributed by atoms with Crippen molar-refractivity contribution < 1.29 is 5.11 Å². The lowest BCUT2D eigenvalue weighted by Crippen LogP contribution is -2.60. The van der Waals surface area contributed by atoms with Crippen LogP contribution >= 0.6 is 0 Å². The standard InChI is InChI=1S/C18H23NO/c1-12(19-16-11-17(20)18(16,2)3)14-10-6-8-13-7-4-5-9-15(13)14/h4-10,12,16-17,19-20H,11H2,1-3H3. The highest BCUT2D eigenvalue weighted by Crippen LogP contribution is 2.41. The molecule has 0 amide bonds. The minimum atomic E-state index is -0.181. The fraction of sp³-hybridized carbons (Fsp3) is 0.444. The van der Waals surface area contributed by atoms with E-state index in [1.807, 2.05) is 0 Å². The van der Waals surface area contributed by atoms with Crippen molar-refractivity contribution in [2.75, 3.05) is 0 Å². The van der Waals surface area contributed by atoms with E-state index in [1.165, 1.54) is 16.3 Å². The van der Waals surface area contributed by atoms with Crippen LogP contribution in [0.3, 0.4) is 0 Å². The Morgan fingerprint density at radius 1 is 1.15 bits per heavy atom. The molecule has 0 bridgehead atoms. The van der Waals surface area contributed by atoms with Crippen molar-refractivity contribution in [3.05, 3.63) is 48.0 Å². The normalized spacial score (nSPS) is 26.2. The maximum absolute atomic E-state index is 9.86. The quantitative estimate of drug-likeness (QED) is 0.891. The van der Waals surface area contributed by atoms with Crippen molar-refractivity contribution in [3.8, 4) is 0 Å². The Bertz CT molecular complexity index is 614. The van der Waals surface area contributed by atoms with Crippen LogP contribution in [0.5, 0.6) is 0 Å². The third kappa shape index (κ3) is 2.13. The SMILES string of the molecule is CC(NC1CC(O)C1(C)C)c1cccc2ccccc12. The Morgan fingerprint density at radius 2 is 1.85 bits per heavy atom. The van der Waals surface area contributed by atoms with Gasteiger partial charge in [0.2, 0.25) is 0 Å². The van der Waals surface area contributed by atoms with E-state index in [4.69, 9.17) is 0 Å². The topological polar surface area (TPSA) is 32.3 Å². The Hall–Kier alpha value is -1.38. The third-order valence-corrected chi connectivity index (χ3v) is 4.96. The maximum atomic E-state index is 9.86. The zero-order valence-electron chi connectivity index (χ0n) is 12.4. The molecule has 2 aromatic carbocycles. The van der Waals surface area contributed by atoms with Crippen molar-refractivity contribution in [1.29, 1.82) is 0 Å². The van der Waals surface area contributed by atoms with Crippen molar-refractivity contribution in [2.45, 2.75) is 45.4 Å². The lowest BCUT2D eigenvalue weighted by Gasteiger charge is -2.50. The highest BCUT2D eigenvalue weighted by molar-refractivity contribution is 5.86. The molecule has 2 heteroatoms. The van der Waals surface area contributed by atoms with Crippen LogP contribution < -0.4 is 5.32 Å². The number of fused-ring (bicyclic) bond motifs is 1. The molecule has 1 saturated carbocycles. The third-order valence-electron chi connectivity index (χ3n) is 4.96. The Labute approximate surface area is 120 Å². The summed E-state index contributed by atoms with van der Waals surface area (Å²) >= 11 is 0. The van der Waals surface area contributed by atoms with Gasteiger partial charge in [0.1, 0.15) is 0 Å². The molecule has 0 saturated heterocycles. The number of aliphatic hydroxyl groups excluding tert-OH is 1. The predicted octanol–water partition coefficient (Wildman–Crippen LogP) is 3.65. The summed E-state index contributed by atoms with van der Waals surface area (Å²) in [5.74, 6) is 0. The Balaban J connectivity index is 1.85. The van der Waals surface area contributed by atoms with Gasteiger partial charge in [-0.3, -0.25) is 0 Å². The van der Waals surface area contributed by atoms with Gasteiger partial charge >= 0.3 is 0 Å². The number of nitrogens with one attached hydrogen (secondary N) is 1. The van der Waals surface area contributed by atoms with Gasteiger partial charge in [-0.15, -0.1) is 0 Å². The minimum Gasteiger partial charge on any atom is -0.392 e. The molecule has 1 aliphatic rings. The molecular weight excluding hydrogens is 246 g/mol. The van der Waals surface area contributed by atoms with Gasteiger partial charge in [0.05, 0.1) is 6.10 Å². The Kier molecular flexibility index (Phi) is 3.31. The molecule has 3 atom stereocenters. The molecule has 106 valence electrons. The molecule has 0 radical (unpaired) electrons. The Morgan fingerprint density at radius 3 is 2.55 bits per heavy atom. The van der Waals surface area contributed by atoms with Crippen molar-refractivity contribution >= 4 is 10.8 Å². The van der Waals surface area contributed by atoms with Gasteiger partial charge in [-0.1, -0.05) is 56.3 Å². The van der Waals surface area contributed by atoms with Gasteiger partial charge in [-0.2, -0.15) is 0 Å². The molecule has 1 aliphatic carbocycles. The molecule has 2 N–H and O–H groups in total. The molecule has 0 aromatic heterocycles. The second kappa shape index (κ2) is 4.87. The van der Waals surface area contributed by atoms with E-state index in [-0.39, 0.29) is 17.6 Å². The molecule has 3 rings (SSSR count). The van der Waals surface area contributed by atoms with Crippen LogP contribution in [0.4, 0.5) is 0 Å². The molecule has 3 unspecified atom stereocenters. The summed E-state index contributed by atoms with van der Waals surface area (Å²) in [5.41, 5.74) is 1.30. The first-order valence-electron chi connectivity index (χ1n) is 7.42. The first kappa shape index (κ1) is 13.6. The summed E-state index contributed by atoms with van der Waals surface area (Å²) in [5, 5.41) is 16.1. The van der Waals surface area contributed by atoms with E-state index in [0.717, 1.165) is 6.42 Å². The average Bonchev–Trinajstić information content (AvgIpc) is 2.46. The van der Waals surface area contributed by atoms with Crippen LogP contribution in [0.15, 0.2) is 42.5 Å². The molecule has 0 spiro atoms. The van der Waals surface area contributed by atoms with Crippen molar-refractivity contribution in [2.24, 2.45) is 5.41 Å². The van der Waals surface area contributed by atoms with Crippen LogP contribution in [-0.4, -0.2) is 17.3 Å². The monoisotopic (exact) mass is 269 g/mol. The second-order valence-electron chi connectivity index (χ2n) is 6.58. The van der Waals surface area contributed by atoms with Gasteiger partial charge in [0.25, 0.3) is 0 Å². The van der Waals surface area contributed by atoms with E-state index in [1.54, 1.807) is 0 Å². The fourth-order valence-electron chi connectivity index (χ4n) is 3.20. The summed E-state index contributed by atoms with van der Waals surface area (Å²) in [6.45, 7) is 6.48. The molecular formula is C18H23NO. The molecule has 1 fully saturated rings. The lowest BCUT2D eigenvalue weighted by molar-refractivity contribution is -0.0754. The summed E-state index contributed by atoms with van der Waals surface area (Å²) in [7, 11) is 0. The number of hydrogen-bond acceptors (Lipinski definition) is 2. The second-order valence-corrected chi connectivity index (χ2v) is 6.58. The summed E-state index contributed by atoms with van der Waals surface area (Å²) in [4.78, 5) is 0. The molecule has 0 aliphatic heterocycles. The van der Waals surface area contributed by atoms with Crippen molar-refractivity contribution in [1.82, 2.24) is 5.32 Å². The van der Waals surface area contributed by atoms with Gasteiger partial charge in [0.15, 0.2) is 0 Å². The largest absolute Gasteiger partial charge is 0.392 e. The first-order chi connectivity index (χ1) is 9.50. The first-order valence-corrected chi connectivity index (χ1v) is 7.42. The van der Waals surface area contributed by atoms with Crippen LogP contribution in [0.2, 0.25) is 0 Å². The van der Waals surface area contributed by atoms with Crippen LogP contribution in [0.1, 0.15) is 38.8 Å². The molecule has 0 heterocycles. The summed E-state index contributed by atoms with van der Waals surface area (Å²) < 4.78 is 0. The fourth-order valence-corrected chi connectivity index (χ4v) is 3.20. The van der Waals surface area contributed by atoms with Gasteiger partial charge in [0, 0.05) is 17.5 Å². The number of hydrogen-bond donors (Lipinski definition) is 2. The van der Waals surface area contributed by atoms with Gasteiger partial charge in [-0.25, -0.2) is 0 Å². The van der Waals surface area contributed by atoms with E-state index >= 15 is 0 Å². The van der Waals surface area contributed by atoms with Crippen LogP contribution in [-0.2, 0) is 0 Å². The van der Waals surface area contributed by atoms with E-state index < -0.39 is 0 Å². The van der Waals surface area contributed by atoms with Crippen LogP contribution in [0.25, 0.3) is 10.8 Å². The summed E-state index contributed by atoms with van der Waals surface area (Å²) in [6, 6.07) is 15.7. The highest BCUT2D eigenvalue weighted by Gasteiger charge is 2.47. The molecule has 2 aromatic rings. The van der Waals surface area contributed by atoms with Gasteiger partial charge in [-0.05, 0) is 29.7 Å². The minimum absolute atomic E-state index is 0.0289. The smallest absolute Gasteiger partial charge is 0.0621 e.